The Labute approximate surface area is 162 Å². The van der Waals surface area contributed by atoms with Crippen LogP contribution in [-0.4, -0.2) is 43.4 Å². The number of rotatable bonds is 6. The van der Waals surface area contributed by atoms with Crippen LogP contribution >= 0.6 is 11.6 Å². The zero-order valence-electron chi connectivity index (χ0n) is 14.4. The number of carbonyl (C=O) groups excluding carboxylic acids is 2. The van der Waals surface area contributed by atoms with Gasteiger partial charge in [0, 0.05) is 0 Å². The van der Waals surface area contributed by atoms with Crippen LogP contribution in [0.4, 0.5) is 11.6 Å². The molecule has 0 aliphatic heterocycles. The lowest BCUT2D eigenvalue weighted by molar-refractivity contribution is -0.389. The van der Waals surface area contributed by atoms with E-state index in [9.17, 15) is 19.7 Å². The van der Waals surface area contributed by atoms with Crippen molar-refractivity contribution in [3.8, 4) is 5.69 Å². The van der Waals surface area contributed by atoms with Gasteiger partial charge in [-0.2, -0.15) is 5.10 Å². The van der Waals surface area contributed by atoms with Crippen LogP contribution in [0.25, 0.3) is 5.69 Å². The SMILES string of the molecule is CCOC(=O)c1cnn(-c2ccccc2)c1NC(=O)c1n[nH]c([N+](=O)[O-])c1Cl. The van der Waals surface area contributed by atoms with Gasteiger partial charge >= 0.3 is 11.8 Å². The molecule has 2 aromatic heterocycles. The fourth-order valence-corrected chi connectivity index (χ4v) is 2.59. The second-order valence-corrected chi connectivity index (χ2v) is 5.70. The first kappa shape index (κ1) is 19.0. The number of hydrogen-bond acceptors (Lipinski definition) is 7. The van der Waals surface area contributed by atoms with Crippen molar-refractivity contribution in [3.05, 3.63) is 62.9 Å². The molecule has 0 aliphatic rings. The minimum Gasteiger partial charge on any atom is -0.462 e. The fraction of sp³-hybridized carbons (Fsp3) is 0.125. The number of hydrogen-bond donors (Lipinski definition) is 2. The topological polar surface area (TPSA) is 145 Å². The number of amides is 1. The molecule has 0 unspecified atom stereocenters. The summed E-state index contributed by atoms with van der Waals surface area (Å²) in [6.07, 6.45) is 1.25. The van der Waals surface area contributed by atoms with Gasteiger partial charge in [0.25, 0.3) is 5.91 Å². The lowest BCUT2D eigenvalue weighted by atomic mass is 10.3. The number of aromatic nitrogens is 4. The van der Waals surface area contributed by atoms with Crippen molar-refractivity contribution in [1.82, 2.24) is 20.0 Å². The van der Waals surface area contributed by atoms with E-state index in [-0.39, 0.29) is 18.0 Å². The summed E-state index contributed by atoms with van der Waals surface area (Å²) in [7, 11) is 0. The summed E-state index contributed by atoms with van der Waals surface area (Å²) in [5.41, 5.74) is 0.164. The molecule has 1 amide bonds. The summed E-state index contributed by atoms with van der Waals surface area (Å²) < 4.78 is 6.30. The molecule has 1 aromatic carbocycles. The number of carbonyl (C=O) groups is 2. The maximum Gasteiger partial charge on any atom is 0.362 e. The van der Waals surface area contributed by atoms with Crippen molar-refractivity contribution in [1.29, 1.82) is 0 Å². The van der Waals surface area contributed by atoms with E-state index in [1.807, 2.05) is 0 Å². The van der Waals surface area contributed by atoms with Crippen molar-refractivity contribution < 1.29 is 19.2 Å². The molecule has 0 saturated carbocycles. The number of nitro groups is 1. The third-order valence-electron chi connectivity index (χ3n) is 3.58. The van der Waals surface area contributed by atoms with Crippen LogP contribution in [-0.2, 0) is 4.74 Å². The molecular formula is C16H13ClN6O5. The molecule has 3 rings (SSSR count). The Bertz CT molecular complexity index is 1050. The average molecular weight is 405 g/mol. The van der Waals surface area contributed by atoms with Gasteiger partial charge in [0.1, 0.15) is 5.56 Å². The summed E-state index contributed by atoms with van der Waals surface area (Å²) >= 11 is 5.85. The van der Waals surface area contributed by atoms with Crippen LogP contribution in [0, 0.1) is 10.1 Å². The maximum atomic E-state index is 12.6. The molecule has 12 heteroatoms. The van der Waals surface area contributed by atoms with E-state index in [1.165, 1.54) is 10.9 Å². The molecule has 2 heterocycles. The predicted octanol–water partition coefficient (Wildman–Crippen LogP) is 2.59. The van der Waals surface area contributed by atoms with Crippen LogP contribution in [0.15, 0.2) is 36.5 Å². The third kappa shape index (κ3) is 3.55. The number of benzene rings is 1. The molecule has 0 bridgehead atoms. The second-order valence-electron chi connectivity index (χ2n) is 5.32. The van der Waals surface area contributed by atoms with Crippen molar-refractivity contribution >= 4 is 35.1 Å². The third-order valence-corrected chi connectivity index (χ3v) is 3.94. The highest BCUT2D eigenvalue weighted by Crippen LogP contribution is 2.27. The normalized spacial score (nSPS) is 10.5. The van der Waals surface area contributed by atoms with Gasteiger partial charge in [0.05, 0.1) is 18.5 Å². The number of para-hydroxylation sites is 1. The van der Waals surface area contributed by atoms with Gasteiger partial charge in [0.15, 0.2) is 16.5 Å². The van der Waals surface area contributed by atoms with E-state index >= 15 is 0 Å². The van der Waals surface area contributed by atoms with Gasteiger partial charge in [-0.05, 0) is 24.0 Å². The number of nitrogens with zero attached hydrogens (tertiary/aromatic N) is 4. The smallest absolute Gasteiger partial charge is 0.362 e. The van der Waals surface area contributed by atoms with Crippen LogP contribution < -0.4 is 5.32 Å². The minimum absolute atomic E-state index is 0.000195. The fourth-order valence-electron chi connectivity index (χ4n) is 2.35. The maximum absolute atomic E-state index is 12.6. The molecule has 11 nitrogen and oxygen atoms in total. The Morgan fingerprint density at radius 1 is 1.36 bits per heavy atom. The van der Waals surface area contributed by atoms with Crippen LogP contribution in [0.5, 0.6) is 0 Å². The minimum atomic E-state index is -0.863. The standard InChI is InChI=1S/C16H13ClN6O5/c1-2-28-16(25)10-8-18-22(9-6-4-3-5-7-9)13(10)19-15(24)12-11(17)14(21-20-12)23(26)27/h3-8H,2H2,1H3,(H,19,24)(H,20,21). The Balaban J connectivity index is 2.02. The number of aromatic amines is 1. The number of halogens is 1. The summed E-state index contributed by atoms with van der Waals surface area (Å²) in [5, 5.41) is 22.7. The zero-order chi connectivity index (χ0) is 20.3. The lowest BCUT2D eigenvalue weighted by Gasteiger charge is -2.10. The number of ether oxygens (including phenoxy) is 1. The molecule has 28 heavy (non-hydrogen) atoms. The van der Waals surface area contributed by atoms with Gasteiger partial charge in [-0.15, -0.1) is 5.10 Å². The van der Waals surface area contributed by atoms with E-state index in [0.29, 0.717) is 5.69 Å². The highest BCUT2D eigenvalue weighted by molar-refractivity contribution is 6.36. The summed E-state index contributed by atoms with van der Waals surface area (Å²) in [4.78, 5) is 34.9. The highest BCUT2D eigenvalue weighted by atomic mass is 35.5. The first-order valence-electron chi connectivity index (χ1n) is 7.94. The van der Waals surface area contributed by atoms with Crippen LogP contribution in [0.3, 0.4) is 0 Å². The number of esters is 1. The molecule has 0 aliphatic carbocycles. The van der Waals surface area contributed by atoms with Gasteiger partial charge in [-0.25, -0.2) is 9.48 Å². The molecular weight excluding hydrogens is 392 g/mol. The van der Waals surface area contributed by atoms with E-state index in [4.69, 9.17) is 16.3 Å². The molecule has 2 N–H and O–H groups in total. The Morgan fingerprint density at radius 2 is 2.07 bits per heavy atom. The summed E-state index contributed by atoms with van der Waals surface area (Å²) in [5.74, 6) is -2.16. The van der Waals surface area contributed by atoms with Crippen molar-refractivity contribution in [3.63, 3.8) is 0 Å². The van der Waals surface area contributed by atoms with Crippen LogP contribution in [0.1, 0.15) is 27.8 Å². The summed E-state index contributed by atoms with van der Waals surface area (Å²) in [6.45, 7) is 1.76. The molecule has 3 aromatic rings. The van der Waals surface area contributed by atoms with Crippen molar-refractivity contribution in [2.45, 2.75) is 6.92 Å². The Hall–Kier alpha value is -3.73. The molecule has 0 spiro atoms. The molecule has 0 fully saturated rings. The van der Waals surface area contributed by atoms with Gasteiger partial charge in [-0.1, -0.05) is 34.9 Å². The number of nitrogens with one attached hydrogen (secondary N) is 2. The van der Waals surface area contributed by atoms with Crippen LogP contribution in [0.2, 0.25) is 5.02 Å². The lowest BCUT2D eigenvalue weighted by Crippen LogP contribution is -2.18. The quantitative estimate of drug-likeness (QED) is 0.364. The first-order chi connectivity index (χ1) is 13.4. The van der Waals surface area contributed by atoms with E-state index in [1.54, 1.807) is 37.3 Å². The second kappa shape index (κ2) is 7.88. The first-order valence-corrected chi connectivity index (χ1v) is 8.32. The Morgan fingerprint density at radius 3 is 2.68 bits per heavy atom. The van der Waals surface area contributed by atoms with Crippen molar-refractivity contribution in [2.75, 3.05) is 11.9 Å². The van der Waals surface area contributed by atoms with Gasteiger partial charge < -0.3 is 20.2 Å². The molecule has 0 atom stereocenters. The average Bonchev–Trinajstić information content (AvgIpc) is 3.26. The molecule has 0 radical (unpaired) electrons. The van der Waals surface area contributed by atoms with E-state index in [2.05, 4.69) is 20.6 Å². The largest absolute Gasteiger partial charge is 0.462 e. The van der Waals surface area contributed by atoms with E-state index in [0.717, 1.165) is 0 Å². The summed E-state index contributed by atoms with van der Waals surface area (Å²) in [6, 6.07) is 8.72. The predicted molar refractivity (Wildman–Crippen MR) is 97.7 cm³/mol. The Kier molecular flexibility index (Phi) is 5.36. The zero-order valence-corrected chi connectivity index (χ0v) is 15.1. The monoisotopic (exact) mass is 404 g/mol. The highest BCUT2D eigenvalue weighted by Gasteiger charge is 2.28. The molecule has 0 saturated heterocycles. The molecule has 144 valence electrons. The van der Waals surface area contributed by atoms with Gasteiger partial charge in [-0.3, -0.25) is 4.79 Å². The number of H-pyrrole nitrogens is 1. The van der Waals surface area contributed by atoms with E-state index < -0.39 is 33.3 Å². The number of anilines is 1. The van der Waals surface area contributed by atoms with Crippen molar-refractivity contribution in [2.24, 2.45) is 0 Å². The van der Waals surface area contributed by atoms with Gasteiger partial charge in [0.2, 0.25) is 0 Å².